The monoisotopic (exact) mass is 641 g/mol. The summed E-state index contributed by atoms with van der Waals surface area (Å²) in [4.78, 5) is 28.5. The van der Waals surface area contributed by atoms with E-state index in [9.17, 15) is 13.2 Å². The lowest BCUT2D eigenvalue weighted by atomic mass is 10.0. The normalized spacial score (nSPS) is 16.4. The smallest absolute Gasteiger partial charge is 0.236 e. The Kier molecular flexibility index (Phi) is 9.94. The van der Waals surface area contributed by atoms with E-state index in [1.807, 2.05) is 11.0 Å². The van der Waals surface area contributed by atoms with Crippen molar-refractivity contribution in [3.63, 3.8) is 0 Å². The molecule has 2 aromatic carbocycles. The SMILES string of the molecule is COc1cc2c(cc1Nc1ncc(Cl)c(Nc3ccccc3S(=O)(=O)C(C)C)n1)CCN(CC(=O)N1CCN(C)CC1)CC2. The molecule has 0 atom stereocenters. The van der Waals surface area contributed by atoms with Crippen molar-refractivity contribution in [3.8, 4) is 5.75 Å². The van der Waals surface area contributed by atoms with Crippen LogP contribution in [0.2, 0.25) is 5.02 Å². The highest BCUT2D eigenvalue weighted by atomic mass is 35.5. The van der Waals surface area contributed by atoms with Gasteiger partial charge in [0.25, 0.3) is 0 Å². The van der Waals surface area contributed by atoms with Crippen LogP contribution in [0.1, 0.15) is 25.0 Å². The number of nitrogens with one attached hydrogen (secondary N) is 2. The molecule has 2 N–H and O–H groups in total. The molecule has 5 rings (SSSR count). The van der Waals surface area contributed by atoms with Crippen molar-refractivity contribution in [3.05, 3.63) is 58.7 Å². The summed E-state index contributed by atoms with van der Waals surface area (Å²) in [5, 5.41) is 6.00. The quantitative estimate of drug-likeness (QED) is 0.355. The minimum atomic E-state index is -3.55. The molecule has 1 fully saturated rings. The van der Waals surface area contributed by atoms with E-state index in [2.05, 4.69) is 43.5 Å². The van der Waals surface area contributed by atoms with Gasteiger partial charge in [-0.2, -0.15) is 4.98 Å². The minimum absolute atomic E-state index is 0.172. The van der Waals surface area contributed by atoms with Crippen LogP contribution < -0.4 is 15.4 Å². The van der Waals surface area contributed by atoms with Gasteiger partial charge >= 0.3 is 0 Å². The van der Waals surface area contributed by atoms with Crippen molar-refractivity contribution in [2.24, 2.45) is 0 Å². The van der Waals surface area contributed by atoms with Crippen LogP contribution in [0.25, 0.3) is 0 Å². The van der Waals surface area contributed by atoms with Gasteiger partial charge in [0.2, 0.25) is 11.9 Å². The summed E-state index contributed by atoms with van der Waals surface area (Å²) in [6, 6.07) is 10.8. The molecule has 3 aromatic rings. The second kappa shape index (κ2) is 13.7. The highest BCUT2D eigenvalue weighted by molar-refractivity contribution is 7.92. The van der Waals surface area contributed by atoms with Crippen LogP contribution in [0.15, 0.2) is 47.5 Å². The predicted octanol–water partition coefficient (Wildman–Crippen LogP) is 3.98. The minimum Gasteiger partial charge on any atom is -0.495 e. The maximum atomic E-state index is 13.0. The summed E-state index contributed by atoms with van der Waals surface area (Å²) in [6.07, 6.45) is 3.07. The van der Waals surface area contributed by atoms with Gasteiger partial charge in [0.1, 0.15) is 10.8 Å². The molecule has 1 saturated heterocycles. The van der Waals surface area contributed by atoms with Gasteiger partial charge in [-0.25, -0.2) is 13.4 Å². The van der Waals surface area contributed by atoms with E-state index in [4.69, 9.17) is 16.3 Å². The summed E-state index contributed by atoms with van der Waals surface area (Å²) < 4.78 is 31.6. The number of fused-ring (bicyclic) bond motifs is 1. The molecule has 1 aromatic heterocycles. The molecule has 3 heterocycles. The molecular formula is C31H40ClN7O4S. The number of hydrogen-bond donors (Lipinski definition) is 2. The second-order valence-electron chi connectivity index (χ2n) is 11.5. The number of halogens is 1. The summed E-state index contributed by atoms with van der Waals surface area (Å²) in [6.45, 7) is 8.68. The van der Waals surface area contributed by atoms with Crippen molar-refractivity contribution < 1.29 is 17.9 Å². The Morgan fingerprint density at radius 1 is 1.00 bits per heavy atom. The highest BCUT2D eigenvalue weighted by Crippen LogP contribution is 2.34. The second-order valence-corrected chi connectivity index (χ2v) is 14.4. The summed E-state index contributed by atoms with van der Waals surface area (Å²) in [5.74, 6) is 1.38. The predicted molar refractivity (Wildman–Crippen MR) is 173 cm³/mol. The van der Waals surface area contributed by atoms with Crippen LogP contribution in [-0.2, 0) is 27.5 Å². The lowest BCUT2D eigenvalue weighted by Crippen LogP contribution is -2.50. The fraction of sp³-hybridized carbons (Fsp3) is 0.452. The number of piperazine rings is 1. The number of ether oxygens (including phenoxy) is 1. The zero-order valence-electron chi connectivity index (χ0n) is 25.6. The van der Waals surface area contributed by atoms with Crippen molar-refractivity contribution in [1.29, 1.82) is 0 Å². The van der Waals surface area contributed by atoms with Gasteiger partial charge in [-0.15, -0.1) is 0 Å². The topological polar surface area (TPSA) is 120 Å². The van der Waals surface area contributed by atoms with Crippen LogP contribution in [-0.4, -0.2) is 104 Å². The zero-order valence-corrected chi connectivity index (χ0v) is 27.2. The fourth-order valence-electron chi connectivity index (χ4n) is 5.41. The molecule has 0 aliphatic carbocycles. The van der Waals surface area contributed by atoms with Gasteiger partial charge in [0, 0.05) is 39.3 Å². The molecule has 44 heavy (non-hydrogen) atoms. The lowest BCUT2D eigenvalue weighted by Gasteiger charge is -2.33. The van der Waals surface area contributed by atoms with Crippen molar-refractivity contribution in [2.75, 3.05) is 70.6 Å². The first-order chi connectivity index (χ1) is 21.0. The number of sulfone groups is 1. The molecule has 13 heteroatoms. The largest absolute Gasteiger partial charge is 0.495 e. The molecule has 2 aliphatic heterocycles. The average molecular weight is 642 g/mol. The number of hydrogen-bond acceptors (Lipinski definition) is 10. The van der Waals surface area contributed by atoms with Crippen LogP contribution >= 0.6 is 11.6 Å². The number of aromatic nitrogens is 2. The van der Waals surface area contributed by atoms with Gasteiger partial charge in [0.05, 0.1) is 41.4 Å². The third-order valence-corrected chi connectivity index (χ3v) is 10.7. The maximum Gasteiger partial charge on any atom is 0.236 e. The van der Waals surface area contributed by atoms with Gasteiger partial charge in [-0.3, -0.25) is 9.69 Å². The average Bonchev–Trinajstić information content (AvgIpc) is 3.20. The molecule has 0 saturated carbocycles. The summed E-state index contributed by atoms with van der Waals surface area (Å²) >= 11 is 6.43. The Bertz CT molecular complexity index is 1610. The number of nitrogens with zero attached hydrogens (tertiary/aromatic N) is 5. The van der Waals surface area contributed by atoms with Gasteiger partial charge in [-0.1, -0.05) is 23.7 Å². The number of benzene rings is 2. The highest BCUT2D eigenvalue weighted by Gasteiger charge is 2.25. The lowest BCUT2D eigenvalue weighted by molar-refractivity contribution is -0.134. The van der Waals surface area contributed by atoms with E-state index in [0.29, 0.717) is 23.7 Å². The van der Waals surface area contributed by atoms with Gasteiger partial charge < -0.3 is 25.2 Å². The molecule has 1 amide bonds. The number of carbonyl (C=O) groups excluding carboxylic acids is 1. The Balaban J connectivity index is 1.31. The first-order valence-electron chi connectivity index (χ1n) is 14.8. The first kappa shape index (κ1) is 32.0. The Morgan fingerprint density at radius 3 is 2.36 bits per heavy atom. The Morgan fingerprint density at radius 2 is 1.68 bits per heavy atom. The van der Waals surface area contributed by atoms with E-state index in [1.165, 1.54) is 17.3 Å². The van der Waals surface area contributed by atoms with E-state index in [1.54, 1.807) is 45.2 Å². The van der Waals surface area contributed by atoms with Crippen LogP contribution in [0.4, 0.5) is 23.1 Å². The third-order valence-electron chi connectivity index (χ3n) is 8.19. The van der Waals surface area contributed by atoms with E-state index < -0.39 is 15.1 Å². The third kappa shape index (κ3) is 7.26. The molecule has 2 aliphatic rings. The van der Waals surface area contributed by atoms with E-state index >= 15 is 0 Å². The maximum absolute atomic E-state index is 13.0. The summed E-state index contributed by atoms with van der Waals surface area (Å²) in [7, 11) is 0.157. The molecule has 0 bridgehead atoms. The fourth-order valence-corrected chi connectivity index (χ4v) is 6.75. The molecule has 0 radical (unpaired) electrons. The van der Waals surface area contributed by atoms with Crippen molar-refractivity contribution in [1.82, 2.24) is 24.7 Å². The number of methoxy groups -OCH3 is 1. The zero-order chi connectivity index (χ0) is 31.4. The first-order valence-corrected chi connectivity index (χ1v) is 16.8. The van der Waals surface area contributed by atoms with Gasteiger partial charge in [-0.05, 0) is 69.1 Å². The van der Waals surface area contributed by atoms with Crippen molar-refractivity contribution >= 4 is 50.5 Å². The van der Waals surface area contributed by atoms with E-state index in [0.717, 1.165) is 52.1 Å². The number of para-hydroxylation sites is 1. The molecule has 236 valence electrons. The Hall–Kier alpha value is -3.45. The molecule has 11 nitrogen and oxygen atoms in total. The Labute approximate surface area is 264 Å². The standard InChI is InChI=1S/C31H40ClN7O4S/c1-21(2)44(41,42)28-8-6-5-7-25(28)34-30-24(32)19-33-31(36-30)35-26-17-22-9-11-38(12-10-23(22)18-27(26)43-4)20-29(40)39-15-13-37(3)14-16-39/h5-8,17-19,21H,9-16,20H2,1-4H3,(H2,33,34,35,36). The molecule has 0 spiro atoms. The van der Waals surface area contributed by atoms with Crippen LogP contribution in [0.3, 0.4) is 0 Å². The number of anilines is 4. The number of rotatable bonds is 9. The number of likely N-dealkylation sites (N-methyl/N-ethyl adjacent to an activating group) is 1. The number of amides is 1. The van der Waals surface area contributed by atoms with Crippen molar-refractivity contribution in [2.45, 2.75) is 36.8 Å². The van der Waals surface area contributed by atoms with Gasteiger partial charge in [0.15, 0.2) is 15.7 Å². The molecule has 0 unspecified atom stereocenters. The van der Waals surface area contributed by atoms with E-state index in [-0.39, 0.29) is 27.6 Å². The van der Waals surface area contributed by atoms with Crippen LogP contribution in [0, 0.1) is 0 Å². The summed E-state index contributed by atoms with van der Waals surface area (Å²) in [5.41, 5.74) is 3.43. The molecular weight excluding hydrogens is 602 g/mol. The van der Waals surface area contributed by atoms with Crippen LogP contribution in [0.5, 0.6) is 5.75 Å². The number of carbonyl (C=O) groups is 1.